The highest BCUT2D eigenvalue weighted by molar-refractivity contribution is 5.91. The summed E-state index contributed by atoms with van der Waals surface area (Å²) < 4.78 is 15.1. The van der Waals surface area contributed by atoms with Gasteiger partial charge in [-0.3, -0.25) is 0 Å². The Hall–Kier alpha value is -3.71. The molecule has 0 saturated heterocycles. The summed E-state index contributed by atoms with van der Waals surface area (Å²) in [7, 11) is 0. The molecule has 0 aromatic heterocycles. The summed E-state index contributed by atoms with van der Waals surface area (Å²) in [6, 6.07) is 11.6. The number of esters is 3. The minimum absolute atomic E-state index is 0.0762. The van der Waals surface area contributed by atoms with E-state index in [1.54, 1.807) is 0 Å². The Bertz CT molecular complexity index is 864. The van der Waals surface area contributed by atoms with Gasteiger partial charge in [-0.15, -0.1) is 0 Å². The number of aliphatic hydroxyl groups excluding tert-OH is 1. The van der Waals surface area contributed by atoms with Crippen LogP contribution >= 0.6 is 0 Å². The van der Waals surface area contributed by atoms with Crippen LogP contribution in [0.15, 0.2) is 73.3 Å². The van der Waals surface area contributed by atoms with Crippen molar-refractivity contribution >= 4 is 17.9 Å². The Labute approximate surface area is 155 Å². The zero-order valence-electron chi connectivity index (χ0n) is 14.2. The van der Waals surface area contributed by atoms with Crippen molar-refractivity contribution in [2.45, 2.75) is 0 Å². The van der Waals surface area contributed by atoms with Gasteiger partial charge in [0.1, 0.15) is 17.2 Å². The van der Waals surface area contributed by atoms with E-state index in [0.29, 0.717) is 0 Å². The molecule has 0 aliphatic rings. The summed E-state index contributed by atoms with van der Waals surface area (Å²) in [5, 5.41) is 8.82. The van der Waals surface area contributed by atoms with E-state index in [9.17, 15) is 14.4 Å². The molecule has 7 nitrogen and oxygen atoms in total. The molecular weight excluding hydrogens is 352 g/mol. The molecule has 27 heavy (non-hydrogen) atoms. The molecule has 0 bridgehead atoms. The fraction of sp³-hybridized carbons (Fsp3) is 0.0500. The first-order valence-electron chi connectivity index (χ1n) is 7.70. The SMILES string of the molecule is C=CC(=O)Oc1ccc(C(=O)Oc2ccc(OC(=O)C(=C)CO)cc2)cc1. The van der Waals surface area contributed by atoms with Crippen LogP contribution in [0.5, 0.6) is 17.2 Å². The van der Waals surface area contributed by atoms with Crippen molar-refractivity contribution in [1.82, 2.24) is 0 Å². The van der Waals surface area contributed by atoms with Crippen LogP contribution in [0.1, 0.15) is 10.4 Å². The van der Waals surface area contributed by atoms with Gasteiger partial charge < -0.3 is 19.3 Å². The quantitative estimate of drug-likeness (QED) is 0.455. The zero-order valence-corrected chi connectivity index (χ0v) is 14.2. The van der Waals surface area contributed by atoms with E-state index in [4.69, 9.17) is 19.3 Å². The van der Waals surface area contributed by atoms with Gasteiger partial charge in [0.15, 0.2) is 0 Å². The van der Waals surface area contributed by atoms with Crippen molar-refractivity contribution in [3.8, 4) is 17.2 Å². The van der Waals surface area contributed by atoms with Crippen LogP contribution in [-0.4, -0.2) is 29.6 Å². The Kier molecular flexibility index (Phi) is 6.62. The van der Waals surface area contributed by atoms with Crippen LogP contribution in [0, 0.1) is 0 Å². The molecule has 0 heterocycles. The molecule has 0 saturated carbocycles. The van der Waals surface area contributed by atoms with Gasteiger partial charge in [0, 0.05) is 6.08 Å². The van der Waals surface area contributed by atoms with E-state index in [1.807, 2.05) is 0 Å². The fourth-order valence-corrected chi connectivity index (χ4v) is 1.80. The van der Waals surface area contributed by atoms with E-state index >= 15 is 0 Å². The molecule has 7 heteroatoms. The third kappa shape index (κ3) is 5.65. The van der Waals surface area contributed by atoms with Gasteiger partial charge in [-0.2, -0.15) is 0 Å². The lowest BCUT2D eigenvalue weighted by Gasteiger charge is -2.07. The lowest BCUT2D eigenvalue weighted by molar-refractivity contribution is -0.131. The number of hydrogen-bond acceptors (Lipinski definition) is 7. The molecule has 0 aliphatic heterocycles. The molecule has 2 rings (SSSR count). The van der Waals surface area contributed by atoms with Gasteiger partial charge in [-0.1, -0.05) is 13.2 Å². The predicted octanol–water partition coefficient (Wildman–Crippen LogP) is 2.45. The summed E-state index contributed by atoms with van der Waals surface area (Å²) in [6.45, 7) is 6.15. The molecule has 0 spiro atoms. The van der Waals surface area contributed by atoms with Gasteiger partial charge >= 0.3 is 17.9 Å². The zero-order chi connectivity index (χ0) is 19.8. The second-order valence-corrected chi connectivity index (χ2v) is 5.16. The Morgan fingerprint density at radius 2 is 1.33 bits per heavy atom. The van der Waals surface area contributed by atoms with Crippen molar-refractivity contribution in [2.75, 3.05) is 6.61 Å². The second-order valence-electron chi connectivity index (χ2n) is 5.16. The normalized spacial score (nSPS) is 9.81. The van der Waals surface area contributed by atoms with E-state index in [-0.39, 0.29) is 28.4 Å². The summed E-state index contributed by atoms with van der Waals surface area (Å²) in [5.74, 6) is -1.25. The molecule has 0 amide bonds. The molecular formula is C20H16O7. The van der Waals surface area contributed by atoms with E-state index < -0.39 is 24.5 Å². The lowest BCUT2D eigenvalue weighted by atomic mass is 10.2. The van der Waals surface area contributed by atoms with E-state index in [1.165, 1.54) is 48.5 Å². The standard InChI is InChI=1S/C20H16O7/c1-3-18(22)25-15-6-4-14(5-7-15)20(24)27-17-10-8-16(9-11-17)26-19(23)13(2)12-21/h3-11,21H,1-2,12H2. The summed E-state index contributed by atoms with van der Waals surface area (Å²) in [5.41, 5.74) is 0.177. The second kappa shape index (κ2) is 9.12. The number of aliphatic hydroxyl groups is 1. The average Bonchev–Trinajstić information content (AvgIpc) is 2.69. The van der Waals surface area contributed by atoms with Gasteiger partial charge in [0.05, 0.1) is 17.7 Å². The summed E-state index contributed by atoms with van der Waals surface area (Å²) >= 11 is 0. The molecule has 0 fully saturated rings. The van der Waals surface area contributed by atoms with Gasteiger partial charge in [0.2, 0.25) is 0 Å². The van der Waals surface area contributed by atoms with Crippen LogP contribution in [-0.2, 0) is 9.59 Å². The Morgan fingerprint density at radius 1 is 0.852 bits per heavy atom. The minimum Gasteiger partial charge on any atom is -0.423 e. The highest BCUT2D eigenvalue weighted by Gasteiger charge is 2.11. The first-order chi connectivity index (χ1) is 12.9. The largest absolute Gasteiger partial charge is 0.423 e. The number of benzene rings is 2. The molecule has 138 valence electrons. The number of hydrogen-bond donors (Lipinski definition) is 1. The minimum atomic E-state index is -0.750. The highest BCUT2D eigenvalue weighted by Crippen LogP contribution is 2.20. The smallest absolute Gasteiger partial charge is 0.343 e. The van der Waals surface area contributed by atoms with Gasteiger partial charge in [-0.05, 0) is 48.5 Å². The average molecular weight is 368 g/mol. The van der Waals surface area contributed by atoms with Crippen molar-refractivity contribution in [2.24, 2.45) is 0 Å². The summed E-state index contributed by atoms with van der Waals surface area (Å²) in [4.78, 5) is 34.7. The molecule has 0 radical (unpaired) electrons. The monoisotopic (exact) mass is 368 g/mol. The lowest BCUT2D eigenvalue weighted by Crippen LogP contribution is -2.13. The molecule has 0 atom stereocenters. The first-order valence-corrected chi connectivity index (χ1v) is 7.70. The van der Waals surface area contributed by atoms with Crippen molar-refractivity contribution in [3.63, 3.8) is 0 Å². The summed E-state index contributed by atoms with van der Waals surface area (Å²) in [6.07, 6.45) is 1.03. The molecule has 0 aliphatic carbocycles. The molecule has 1 N–H and O–H groups in total. The molecule has 2 aromatic rings. The van der Waals surface area contributed by atoms with Gasteiger partial charge in [0.25, 0.3) is 0 Å². The van der Waals surface area contributed by atoms with Crippen LogP contribution in [0.4, 0.5) is 0 Å². The molecule has 0 unspecified atom stereocenters. The highest BCUT2D eigenvalue weighted by atomic mass is 16.5. The first kappa shape index (κ1) is 19.6. The van der Waals surface area contributed by atoms with Crippen LogP contribution in [0.25, 0.3) is 0 Å². The van der Waals surface area contributed by atoms with E-state index in [0.717, 1.165) is 6.08 Å². The van der Waals surface area contributed by atoms with Crippen molar-refractivity contribution < 1.29 is 33.7 Å². The predicted molar refractivity (Wildman–Crippen MR) is 95.5 cm³/mol. The maximum atomic E-state index is 12.1. The Morgan fingerprint density at radius 3 is 1.85 bits per heavy atom. The van der Waals surface area contributed by atoms with E-state index in [2.05, 4.69) is 13.2 Å². The third-order valence-electron chi connectivity index (χ3n) is 3.20. The number of carbonyl (C=O) groups is 3. The maximum absolute atomic E-state index is 12.1. The number of rotatable bonds is 7. The molecule has 2 aromatic carbocycles. The van der Waals surface area contributed by atoms with Crippen LogP contribution < -0.4 is 14.2 Å². The van der Waals surface area contributed by atoms with Crippen LogP contribution in [0.3, 0.4) is 0 Å². The third-order valence-corrected chi connectivity index (χ3v) is 3.20. The van der Waals surface area contributed by atoms with Crippen molar-refractivity contribution in [3.05, 3.63) is 78.9 Å². The Balaban J connectivity index is 1.97. The van der Waals surface area contributed by atoms with Gasteiger partial charge in [-0.25, -0.2) is 14.4 Å². The number of ether oxygens (including phenoxy) is 3. The number of carbonyl (C=O) groups excluding carboxylic acids is 3. The van der Waals surface area contributed by atoms with Crippen LogP contribution in [0.2, 0.25) is 0 Å². The fourth-order valence-electron chi connectivity index (χ4n) is 1.80. The maximum Gasteiger partial charge on any atom is 0.343 e. The van der Waals surface area contributed by atoms with Crippen molar-refractivity contribution in [1.29, 1.82) is 0 Å². The topological polar surface area (TPSA) is 99.1 Å².